The molecule has 1 aliphatic carbocycles. The van der Waals surface area contributed by atoms with Crippen molar-refractivity contribution in [2.24, 2.45) is 5.92 Å². The predicted molar refractivity (Wildman–Crippen MR) is 87.2 cm³/mol. The molecule has 0 aromatic rings. The summed E-state index contributed by atoms with van der Waals surface area (Å²) in [6.45, 7) is 11.3. The first-order chi connectivity index (χ1) is 9.31. The fourth-order valence-corrected chi connectivity index (χ4v) is 3.96. The Labute approximate surface area is 128 Å². The first-order valence-corrected chi connectivity index (χ1v) is 8.93. The van der Waals surface area contributed by atoms with Gasteiger partial charge in [-0.2, -0.15) is 0 Å². The van der Waals surface area contributed by atoms with E-state index in [4.69, 9.17) is 4.74 Å². The summed E-state index contributed by atoms with van der Waals surface area (Å²) in [7, 11) is 0. The summed E-state index contributed by atoms with van der Waals surface area (Å²) >= 11 is 1.77. The highest BCUT2D eigenvalue weighted by Crippen LogP contribution is 2.32. The molecule has 20 heavy (non-hydrogen) atoms. The van der Waals surface area contributed by atoms with Gasteiger partial charge in [-0.1, -0.05) is 13.8 Å². The number of hydrogen-bond acceptors (Lipinski definition) is 4. The van der Waals surface area contributed by atoms with Crippen LogP contribution in [0.3, 0.4) is 0 Å². The quantitative estimate of drug-likeness (QED) is 0.761. The normalized spacial score (nSPS) is 27.4. The molecular weight excluding hydrogens is 270 g/mol. The lowest BCUT2D eigenvalue weighted by Gasteiger charge is -2.35. The molecule has 4 heteroatoms. The molecule has 1 rings (SSSR count). The van der Waals surface area contributed by atoms with Crippen LogP contribution in [0.25, 0.3) is 0 Å². The number of esters is 1. The lowest BCUT2D eigenvalue weighted by atomic mass is 9.87. The number of hydrogen-bond donors (Lipinski definition) is 1. The van der Waals surface area contributed by atoms with Crippen LogP contribution < -0.4 is 5.32 Å². The molecule has 0 bridgehead atoms. The maximum absolute atomic E-state index is 11.8. The molecule has 0 heterocycles. The largest absolute Gasteiger partial charge is 0.459 e. The number of thioether (sulfide) groups is 1. The number of carbonyl (C=O) groups is 1. The maximum atomic E-state index is 11.8. The summed E-state index contributed by atoms with van der Waals surface area (Å²) in [4.78, 5) is 11.8. The van der Waals surface area contributed by atoms with Gasteiger partial charge in [-0.15, -0.1) is 11.8 Å². The van der Waals surface area contributed by atoms with E-state index in [1.54, 1.807) is 11.8 Å². The van der Waals surface area contributed by atoms with Gasteiger partial charge in [-0.3, -0.25) is 4.79 Å². The summed E-state index contributed by atoms with van der Waals surface area (Å²) < 4.78 is 5.39. The van der Waals surface area contributed by atoms with Gasteiger partial charge in [0.1, 0.15) is 5.60 Å². The predicted octanol–water partition coefficient (Wildman–Crippen LogP) is 3.62. The zero-order chi connectivity index (χ0) is 15.2. The van der Waals surface area contributed by atoms with Gasteiger partial charge in [0.15, 0.2) is 0 Å². The van der Waals surface area contributed by atoms with Crippen molar-refractivity contribution in [1.82, 2.24) is 5.32 Å². The first kappa shape index (κ1) is 17.8. The summed E-state index contributed by atoms with van der Waals surface area (Å²) in [6.07, 6.45) is 4.89. The van der Waals surface area contributed by atoms with Crippen molar-refractivity contribution in [1.29, 1.82) is 0 Å². The molecule has 0 saturated heterocycles. The Kier molecular flexibility index (Phi) is 7.38. The number of carbonyl (C=O) groups excluding carboxylic acids is 1. The maximum Gasteiger partial charge on any atom is 0.316 e. The van der Waals surface area contributed by atoms with Gasteiger partial charge in [0.25, 0.3) is 0 Å². The molecule has 3 nitrogen and oxygen atoms in total. The third-order valence-corrected chi connectivity index (χ3v) is 4.90. The molecule has 0 radical (unpaired) electrons. The summed E-state index contributed by atoms with van der Waals surface area (Å²) in [5, 5.41) is 4.18. The highest BCUT2D eigenvalue weighted by atomic mass is 32.2. The van der Waals surface area contributed by atoms with Crippen LogP contribution in [0.2, 0.25) is 0 Å². The van der Waals surface area contributed by atoms with Gasteiger partial charge in [-0.05, 0) is 58.9 Å². The van der Waals surface area contributed by atoms with Crippen LogP contribution in [-0.4, -0.2) is 35.2 Å². The fourth-order valence-electron chi connectivity index (χ4n) is 2.62. The fraction of sp³-hybridized carbons (Fsp3) is 0.938. The van der Waals surface area contributed by atoms with E-state index in [1.807, 2.05) is 20.8 Å². The van der Waals surface area contributed by atoms with Crippen molar-refractivity contribution in [3.63, 3.8) is 0 Å². The minimum atomic E-state index is -0.378. The zero-order valence-electron chi connectivity index (χ0n) is 13.7. The lowest BCUT2D eigenvalue weighted by Crippen LogP contribution is -2.43. The van der Waals surface area contributed by atoms with E-state index in [1.165, 1.54) is 19.3 Å². The second kappa shape index (κ2) is 8.28. The van der Waals surface area contributed by atoms with E-state index >= 15 is 0 Å². The van der Waals surface area contributed by atoms with Crippen LogP contribution in [0.1, 0.15) is 60.3 Å². The van der Waals surface area contributed by atoms with Gasteiger partial charge in [0.05, 0.1) is 5.75 Å². The molecule has 0 amide bonds. The van der Waals surface area contributed by atoms with Gasteiger partial charge in [0, 0.05) is 11.3 Å². The van der Waals surface area contributed by atoms with E-state index < -0.39 is 0 Å². The van der Waals surface area contributed by atoms with Crippen LogP contribution in [0.5, 0.6) is 0 Å². The van der Waals surface area contributed by atoms with Gasteiger partial charge >= 0.3 is 5.97 Å². The average Bonchev–Trinajstić information content (AvgIpc) is 2.33. The van der Waals surface area contributed by atoms with E-state index in [0.29, 0.717) is 17.0 Å². The number of nitrogens with one attached hydrogen (secondary N) is 1. The second-order valence-corrected chi connectivity index (χ2v) is 8.14. The Morgan fingerprint density at radius 3 is 2.65 bits per heavy atom. The SMILES string of the molecule is CCCNC1CCC(C)CC1SCC(=O)OC(C)(C)C. The molecule has 1 saturated carbocycles. The molecule has 1 N–H and O–H groups in total. The van der Waals surface area contributed by atoms with Crippen molar-refractivity contribution >= 4 is 17.7 Å². The van der Waals surface area contributed by atoms with Gasteiger partial charge in [0.2, 0.25) is 0 Å². The van der Waals surface area contributed by atoms with Crippen LogP contribution in [-0.2, 0) is 9.53 Å². The number of ether oxygens (including phenoxy) is 1. The molecule has 118 valence electrons. The molecule has 1 aliphatic rings. The number of rotatable bonds is 6. The highest BCUT2D eigenvalue weighted by Gasteiger charge is 2.29. The minimum absolute atomic E-state index is 0.0880. The Hall–Kier alpha value is -0.220. The summed E-state index contributed by atoms with van der Waals surface area (Å²) in [5.41, 5.74) is -0.378. The van der Waals surface area contributed by atoms with E-state index in [-0.39, 0.29) is 11.6 Å². The Morgan fingerprint density at radius 1 is 1.35 bits per heavy atom. The van der Waals surface area contributed by atoms with E-state index in [9.17, 15) is 4.79 Å². The van der Waals surface area contributed by atoms with Crippen LogP contribution in [0, 0.1) is 5.92 Å². The Balaban J connectivity index is 2.42. The standard InChI is InChI=1S/C16H31NO2S/c1-6-9-17-13-8-7-12(2)10-14(13)20-11-15(18)19-16(3,4)5/h12-14,17H,6-11H2,1-5H3. The third kappa shape index (κ3) is 6.98. The minimum Gasteiger partial charge on any atom is -0.459 e. The molecule has 3 atom stereocenters. The highest BCUT2D eigenvalue weighted by molar-refractivity contribution is 8.00. The lowest BCUT2D eigenvalue weighted by molar-refractivity contribution is -0.151. The van der Waals surface area contributed by atoms with E-state index in [0.717, 1.165) is 18.9 Å². The molecule has 1 fully saturated rings. The zero-order valence-corrected chi connectivity index (χ0v) is 14.5. The van der Waals surface area contributed by atoms with E-state index in [2.05, 4.69) is 19.2 Å². The van der Waals surface area contributed by atoms with Crippen molar-refractivity contribution < 1.29 is 9.53 Å². The average molecular weight is 301 g/mol. The van der Waals surface area contributed by atoms with Crippen molar-refractivity contribution in [2.45, 2.75) is 77.2 Å². The second-order valence-electron chi connectivity index (χ2n) is 6.91. The monoisotopic (exact) mass is 301 g/mol. The van der Waals surface area contributed by atoms with Crippen molar-refractivity contribution in [2.75, 3.05) is 12.3 Å². The van der Waals surface area contributed by atoms with Gasteiger partial charge < -0.3 is 10.1 Å². The molecule has 0 aromatic carbocycles. The van der Waals surface area contributed by atoms with Gasteiger partial charge in [-0.25, -0.2) is 0 Å². The smallest absolute Gasteiger partial charge is 0.316 e. The Bertz CT molecular complexity index is 299. The first-order valence-electron chi connectivity index (χ1n) is 7.88. The third-order valence-electron chi connectivity index (χ3n) is 3.55. The van der Waals surface area contributed by atoms with Crippen LogP contribution in [0.15, 0.2) is 0 Å². The molecular formula is C16H31NO2S. The Morgan fingerprint density at radius 2 is 2.05 bits per heavy atom. The molecule has 0 aliphatic heterocycles. The van der Waals surface area contributed by atoms with Crippen molar-refractivity contribution in [3.05, 3.63) is 0 Å². The summed E-state index contributed by atoms with van der Waals surface area (Å²) in [5.74, 6) is 1.15. The summed E-state index contributed by atoms with van der Waals surface area (Å²) in [6, 6.07) is 0.554. The molecule has 0 spiro atoms. The van der Waals surface area contributed by atoms with Crippen LogP contribution >= 0.6 is 11.8 Å². The van der Waals surface area contributed by atoms with Crippen molar-refractivity contribution in [3.8, 4) is 0 Å². The van der Waals surface area contributed by atoms with Crippen LogP contribution in [0.4, 0.5) is 0 Å². The molecule has 0 aromatic heterocycles. The molecule has 3 unspecified atom stereocenters. The topological polar surface area (TPSA) is 38.3 Å².